The fourth-order valence-corrected chi connectivity index (χ4v) is 11.0. The predicted molar refractivity (Wildman–Crippen MR) is 351 cm³/mol. The van der Waals surface area contributed by atoms with E-state index in [1.165, 1.54) is 10.1 Å². The summed E-state index contributed by atoms with van der Waals surface area (Å²) in [7, 11) is 4.25. The van der Waals surface area contributed by atoms with Crippen LogP contribution in [-0.2, 0) is 44.3 Å². The zero-order valence-electron chi connectivity index (χ0n) is 55.6. The third kappa shape index (κ3) is 11.2. The summed E-state index contributed by atoms with van der Waals surface area (Å²) in [6.07, 6.45) is 23.7. The van der Waals surface area contributed by atoms with Crippen molar-refractivity contribution in [1.82, 2.24) is 24.8 Å². The Kier molecular flexibility index (Phi) is 13.6. The van der Waals surface area contributed by atoms with E-state index >= 15 is 0 Å². The fraction of sp³-hybridized carbons (Fsp3) is 0.178. The Balaban J connectivity index is 0.00000850. The van der Waals surface area contributed by atoms with Crippen molar-refractivity contribution in [3.63, 3.8) is 0 Å². The molecule has 420 valence electrons. The minimum atomic E-state index is -2.76. The second-order valence-corrected chi connectivity index (χ2v) is 24.0. The van der Waals surface area contributed by atoms with E-state index in [-0.39, 0.29) is 77.5 Å². The molecule has 2 aromatic heterocycles. The van der Waals surface area contributed by atoms with Crippen molar-refractivity contribution in [2.75, 3.05) is 9.80 Å². The van der Waals surface area contributed by atoms with Gasteiger partial charge in [-0.3, -0.25) is 0 Å². The molecule has 12 rings (SSSR count). The van der Waals surface area contributed by atoms with Gasteiger partial charge >= 0.3 is 0 Å². The maximum Gasteiger partial charge on any atom is 0.213 e. The monoisotopic (exact) mass is 1280 g/mol. The summed E-state index contributed by atoms with van der Waals surface area (Å²) in [4.78, 5) is 9.30. The summed E-state index contributed by atoms with van der Waals surface area (Å²) in [5, 5.41) is 7.05. The van der Waals surface area contributed by atoms with Crippen molar-refractivity contribution in [3.8, 4) is 28.6 Å². The van der Waals surface area contributed by atoms with Crippen LogP contribution >= 0.6 is 0 Å². The van der Waals surface area contributed by atoms with Crippen molar-refractivity contribution in [3.05, 3.63) is 259 Å². The molecule has 0 spiro atoms. The summed E-state index contributed by atoms with van der Waals surface area (Å²) in [5.74, 6) is 4.58. The van der Waals surface area contributed by atoms with Crippen LogP contribution in [0, 0.1) is 18.8 Å². The molecule has 9 aromatic rings. The van der Waals surface area contributed by atoms with Crippen LogP contribution in [0.1, 0.15) is 99.7 Å². The average molecular weight is 1280 g/mol. The molecule has 2 N–H and O–H groups in total. The molecule has 0 amide bonds. The summed E-state index contributed by atoms with van der Waals surface area (Å²) >= 11 is 0. The molecule has 84 heavy (non-hydrogen) atoms. The third-order valence-corrected chi connectivity index (χ3v) is 15.1. The van der Waals surface area contributed by atoms with E-state index in [4.69, 9.17) is 16.6 Å². The van der Waals surface area contributed by atoms with Gasteiger partial charge in [-0.2, -0.15) is 6.07 Å². The van der Waals surface area contributed by atoms with Gasteiger partial charge in [-0.25, -0.2) is 4.98 Å². The molecular formula is C73H68B2N7OPt-3. The van der Waals surface area contributed by atoms with Gasteiger partial charge in [0.1, 0.15) is 0 Å². The molecule has 0 fully saturated rings. The number of allylic oxidation sites excluding steroid dienone is 8. The molecule has 0 bridgehead atoms. The van der Waals surface area contributed by atoms with Crippen molar-refractivity contribution in [1.29, 1.82) is 0 Å². The molecule has 0 saturated heterocycles. The van der Waals surface area contributed by atoms with Gasteiger partial charge < -0.3 is 34.3 Å². The smallest absolute Gasteiger partial charge is 0.213 e. The van der Waals surface area contributed by atoms with Crippen LogP contribution in [0.15, 0.2) is 213 Å². The van der Waals surface area contributed by atoms with Crippen molar-refractivity contribution >= 4 is 81.1 Å². The molecule has 2 radical (unpaired) electrons. The van der Waals surface area contributed by atoms with Crippen LogP contribution in [0.2, 0.25) is 0 Å². The minimum Gasteiger partial charge on any atom is -0.509 e. The minimum absolute atomic E-state index is 0. The fourth-order valence-electron chi connectivity index (χ4n) is 11.0. The number of anilines is 4. The number of benzene rings is 7. The first-order valence-electron chi connectivity index (χ1n) is 31.5. The van der Waals surface area contributed by atoms with E-state index in [2.05, 4.69) is 183 Å². The van der Waals surface area contributed by atoms with Gasteiger partial charge in [-0.15, -0.1) is 65.6 Å². The number of ether oxygens (including phenoxy) is 1. The summed E-state index contributed by atoms with van der Waals surface area (Å²) in [6.45, 7) is 19.7. The Hall–Kier alpha value is -8.45. The van der Waals surface area contributed by atoms with E-state index in [0.717, 1.165) is 66.0 Å². The maximum absolute atomic E-state index is 9.36. The number of imidazole rings is 1. The van der Waals surface area contributed by atoms with Crippen LogP contribution in [0.25, 0.3) is 60.9 Å². The zero-order valence-corrected chi connectivity index (χ0v) is 50.9. The molecule has 3 aliphatic rings. The van der Waals surface area contributed by atoms with Gasteiger partial charge in [0, 0.05) is 91.0 Å². The van der Waals surface area contributed by atoms with Gasteiger partial charge in [-0.1, -0.05) is 176 Å². The van der Waals surface area contributed by atoms with Crippen molar-refractivity contribution in [2.45, 2.75) is 78.6 Å². The van der Waals surface area contributed by atoms with Crippen LogP contribution in [-0.4, -0.2) is 28.7 Å². The van der Waals surface area contributed by atoms with Gasteiger partial charge in [-0.05, 0) is 110 Å². The Morgan fingerprint density at radius 3 is 1.87 bits per heavy atom. The molecule has 5 heterocycles. The number of rotatable bonds is 8. The molecule has 8 nitrogen and oxygen atoms in total. The molecule has 0 saturated carbocycles. The number of aromatic nitrogens is 3. The van der Waals surface area contributed by atoms with E-state index in [0.29, 0.717) is 27.9 Å². The van der Waals surface area contributed by atoms with Crippen LogP contribution in [0.4, 0.5) is 22.7 Å². The summed E-state index contributed by atoms with van der Waals surface area (Å²) in [6, 6.07) is 39.7. The quantitative estimate of drug-likeness (QED) is 0.117. The first-order chi connectivity index (χ1) is 42.9. The van der Waals surface area contributed by atoms with Crippen LogP contribution in [0.3, 0.4) is 0 Å². The zero-order chi connectivity index (χ0) is 63.6. The number of aryl methyl sites for hydroxylation is 1. The molecule has 0 atom stereocenters. The van der Waals surface area contributed by atoms with Crippen molar-refractivity contribution < 1.29 is 35.4 Å². The van der Waals surface area contributed by atoms with E-state index in [1.54, 1.807) is 36.4 Å². The number of nitrogens with zero attached hydrogens (tertiary/aromatic N) is 5. The number of hydrogen-bond acceptors (Lipinski definition) is 6. The molecular weight excluding hydrogens is 1210 g/mol. The maximum atomic E-state index is 9.36. The standard InChI is InChI=1S/C73H68B2N7O.Pt/c1-71(2,3)50-44-58(72(4,5)6)68(59(45-50)73(7,8)9)49-42-51(46-53(43-49)83-52-34-35-55-54-24-11-13-30-63(54)82(67(55)47-52)70-78-62-29-12-14-31-64(62)79(70)10)80-48-81(66-33-16-15-32-65(66)80)69-56(60-27-22-40-76-38-19-17-36-74-60)25-21-26-57(69)61-28-23-41-77-39-20-18-37-75-61;/h11-45,48,76-77H,1-10H3;/q-3;/b36-17-,37-18-,38-19-,39-20-,40-22-,41-23-,60-27-,61-28-;/i10D3,11D,13D,24D,30D;. The van der Waals surface area contributed by atoms with Crippen LogP contribution in [0.5, 0.6) is 11.5 Å². The predicted octanol–water partition coefficient (Wildman–Crippen LogP) is 17.4. The first kappa shape index (κ1) is 49.0. The van der Waals surface area contributed by atoms with E-state index in [1.807, 2.05) is 85.3 Å². The largest absolute Gasteiger partial charge is 0.509 e. The molecule has 7 aromatic carbocycles. The van der Waals surface area contributed by atoms with Gasteiger partial charge in [0.05, 0.1) is 16.5 Å². The number of fused-ring (bicyclic) bond motifs is 5. The Labute approximate surface area is 521 Å². The molecule has 0 aliphatic carbocycles. The summed E-state index contributed by atoms with van der Waals surface area (Å²) < 4.78 is 72.5. The second kappa shape index (κ2) is 23.3. The first-order valence-corrected chi connectivity index (χ1v) is 28.0. The van der Waals surface area contributed by atoms with E-state index < -0.39 is 19.1 Å². The molecule has 11 heteroatoms. The average Bonchev–Trinajstić information content (AvgIpc) is 1.61. The summed E-state index contributed by atoms with van der Waals surface area (Å²) in [5.41, 5.74) is 13.0. The Morgan fingerprint density at radius 1 is 0.607 bits per heavy atom. The normalized spacial score (nSPS) is 19.5. The van der Waals surface area contributed by atoms with Crippen molar-refractivity contribution in [2.24, 2.45) is 6.98 Å². The third-order valence-electron chi connectivity index (χ3n) is 15.1. The number of hydrogen-bond donors (Lipinski definition) is 2. The molecule has 3 aliphatic heterocycles. The SMILES string of the molecule is [2H]c1c([2H])c([2H])c2c(c1[2H])c1ccc(Oc3[c-]c(N4[CH-]N(c5c(/C6=C/C=C\N/C=C\C=C/[B]6)cccc5/C5=C/C=C\N/C=C\C=C/[B]5)c5ccccc54)cc(-c4c(C(C)(C)C)cc(C(C)(C)C)cc4C(C)(C)C)c3)[c-]c1n2-c1nc2ccccc2n1C([2H])([2H])[2H].[Pt]. The van der Waals surface area contributed by atoms with E-state index in [9.17, 15) is 2.74 Å². The van der Waals surface area contributed by atoms with Gasteiger partial charge in [0.25, 0.3) is 0 Å². The van der Waals surface area contributed by atoms with Gasteiger partial charge in [0.15, 0.2) is 14.6 Å². The molecule has 0 unspecified atom stereocenters. The number of para-hydroxylation sites is 6. The second-order valence-electron chi connectivity index (χ2n) is 24.0. The van der Waals surface area contributed by atoms with Crippen LogP contribution < -0.4 is 25.2 Å². The van der Waals surface area contributed by atoms with Gasteiger partial charge in [0.2, 0.25) is 5.95 Å². The Bertz CT molecular complexity index is 4520. The Morgan fingerprint density at radius 2 is 1.23 bits per heavy atom. The topological polar surface area (TPSA) is 62.5 Å². The number of nitrogens with one attached hydrogen (secondary N) is 2.